The summed E-state index contributed by atoms with van der Waals surface area (Å²) in [5.41, 5.74) is 0.356. The van der Waals surface area contributed by atoms with Crippen LogP contribution in [0.15, 0.2) is 30.6 Å². The molecule has 0 radical (unpaired) electrons. The Hall–Kier alpha value is -1.80. The van der Waals surface area contributed by atoms with Crippen LogP contribution in [0.4, 0.5) is 20.6 Å². The average Bonchev–Trinajstić information content (AvgIpc) is 3.40. The SMILES string of the molecule is CC12OC1(CNc1c(Cl)cncc1Cl)C2CNC(=O)Nc1ccc(F)c(Cl)c1. The maximum atomic E-state index is 13.2. The van der Waals surface area contributed by atoms with Crippen molar-refractivity contribution in [2.45, 2.75) is 18.1 Å². The third kappa shape index (κ3) is 3.26. The number of carbonyl (C=O) groups is 1. The minimum atomic E-state index is -0.542. The second kappa shape index (κ2) is 6.91. The van der Waals surface area contributed by atoms with Crippen molar-refractivity contribution >= 4 is 52.2 Å². The Morgan fingerprint density at radius 2 is 1.96 bits per heavy atom. The summed E-state index contributed by atoms with van der Waals surface area (Å²) in [4.78, 5) is 16.0. The Morgan fingerprint density at radius 3 is 2.61 bits per heavy atom. The Morgan fingerprint density at radius 1 is 1.25 bits per heavy atom. The van der Waals surface area contributed by atoms with E-state index >= 15 is 0 Å². The predicted molar refractivity (Wildman–Crippen MR) is 107 cm³/mol. The van der Waals surface area contributed by atoms with Crippen LogP contribution < -0.4 is 16.0 Å². The highest BCUT2D eigenvalue weighted by molar-refractivity contribution is 6.38. The molecule has 2 aromatic rings. The molecule has 10 heteroatoms. The van der Waals surface area contributed by atoms with Crippen molar-refractivity contribution in [1.29, 1.82) is 0 Å². The smallest absolute Gasteiger partial charge is 0.319 e. The van der Waals surface area contributed by atoms with Gasteiger partial charge in [0.05, 0.1) is 20.8 Å². The van der Waals surface area contributed by atoms with Crippen molar-refractivity contribution in [1.82, 2.24) is 10.3 Å². The normalized spacial score (nSPS) is 27.0. The summed E-state index contributed by atoms with van der Waals surface area (Å²) in [6.07, 6.45) is 3.02. The number of fused-ring (bicyclic) bond motifs is 1. The van der Waals surface area contributed by atoms with E-state index in [2.05, 4.69) is 20.9 Å². The summed E-state index contributed by atoms with van der Waals surface area (Å²) in [6.45, 7) is 2.93. The van der Waals surface area contributed by atoms with Crippen LogP contribution in [0.1, 0.15) is 6.92 Å². The molecule has 2 fully saturated rings. The largest absolute Gasteiger partial charge is 0.380 e. The van der Waals surface area contributed by atoms with Crippen LogP contribution in [0.3, 0.4) is 0 Å². The maximum absolute atomic E-state index is 13.2. The lowest BCUT2D eigenvalue weighted by atomic mass is 10.2. The summed E-state index contributed by atoms with van der Waals surface area (Å²) < 4.78 is 19.0. The molecule has 0 bridgehead atoms. The first kappa shape index (κ1) is 19.5. The van der Waals surface area contributed by atoms with E-state index in [0.29, 0.717) is 34.5 Å². The molecule has 3 N–H and O–H groups in total. The lowest BCUT2D eigenvalue weighted by Gasteiger charge is -2.16. The van der Waals surface area contributed by atoms with Crippen molar-refractivity contribution in [2.75, 3.05) is 23.7 Å². The number of hydrogen-bond donors (Lipinski definition) is 3. The van der Waals surface area contributed by atoms with E-state index in [1.807, 2.05) is 6.92 Å². The quantitative estimate of drug-likeness (QED) is 0.569. The Kier molecular flexibility index (Phi) is 4.82. The van der Waals surface area contributed by atoms with Gasteiger partial charge < -0.3 is 20.7 Å². The standard InChI is InChI=1S/C18H16Cl3FN4O2/c1-17-14(7-24-16(27)26-9-2-3-13(22)10(19)4-9)18(17,28-17)8-25-15-11(20)5-23-6-12(15)21/h2-6,14H,7-8H2,1H3,(H,23,25)(H2,24,26,27). The van der Waals surface area contributed by atoms with Gasteiger partial charge in [0.25, 0.3) is 0 Å². The first-order valence-electron chi connectivity index (χ1n) is 8.50. The summed E-state index contributed by atoms with van der Waals surface area (Å²) in [5, 5.41) is 9.44. The molecule has 2 amide bonds. The second-order valence-electron chi connectivity index (χ2n) is 6.95. The van der Waals surface area contributed by atoms with Gasteiger partial charge in [0.1, 0.15) is 17.0 Å². The molecule has 1 aromatic carbocycles. The molecule has 6 nitrogen and oxygen atoms in total. The van der Waals surface area contributed by atoms with Crippen LogP contribution >= 0.6 is 34.8 Å². The zero-order valence-corrected chi connectivity index (χ0v) is 16.9. The van der Waals surface area contributed by atoms with E-state index < -0.39 is 11.8 Å². The number of amides is 2. The highest BCUT2D eigenvalue weighted by atomic mass is 35.5. The van der Waals surface area contributed by atoms with Crippen molar-refractivity contribution in [3.8, 4) is 0 Å². The summed E-state index contributed by atoms with van der Waals surface area (Å²) in [6, 6.07) is 3.58. The number of anilines is 2. The highest BCUT2D eigenvalue weighted by Gasteiger charge is 2.91. The number of halogens is 4. The average molecular weight is 446 g/mol. The van der Waals surface area contributed by atoms with E-state index in [0.717, 1.165) is 0 Å². The van der Waals surface area contributed by atoms with Gasteiger partial charge in [-0.2, -0.15) is 0 Å². The number of ether oxygens (including phenoxy) is 1. The molecule has 2 heterocycles. The lowest BCUT2D eigenvalue weighted by Crippen LogP contribution is -2.35. The van der Waals surface area contributed by atoms with E-state index in [-0.39, 0.29) is 22.1 Å². The van der Waals surface area contributed by atoms with Crippen molar-refractivity contribution in [2.24, 2.45) is 5.92 Å². The highest BCUT2D eigenvalue weighted by Crippen LogP contribution is 2.75. The van der Waals surface area contributed by atoms with E-state index in [4.69, 9.17) is 39.5 Å². The van der Waals surface area contributed by atoms with Gasteiger partial charge in [0, 0.05) is 37.1 Å². The number of carbonyl (C=O) groups excluding carboxylic acids is 1. The number of urea groups is 1. The topological polar surface area (TPSA) is 78.6 Å². The molecule has 148 valence electrons. The minimum Gasteiger partial charge on any atom is -0.380 e. The van der Waals surface area contributed by atoms with Crippen LogP contribution in [0.2, 0.25) is 15.1 Å². The summed E-state index contributed by atoms with van der Waals surface area (Å²) in [7, 11) is 0. The Labute approximate surface area is 175 Å². The molecule has 4 rings (SSSR count). The molecule has 1 aliphatic heterocycles. The van der Waals surface area contributed by atoms with E-state index in [1.54, 1.807) is 0 Å². The molecular formula is C18H16Cl3FN4O2. The van der Waals surface area contributed by atoms with Crippen LogP contribution in [0.25, 0.3) is 0 Å². The van der Waals surface area contributed by atoms with Crippen molar-refractivity contribution in [3.05, 3.63) is 51.5 Å². The number of nitrogens with one attached hydrogen (secondary N) is 3. The zero-order chi connectivity index (χ0) is 20.1. The molecule has 0 spiro atoms. The van der Waals surface area contributed by atoms with Crippen LogP contribution in [0, 0.1) is 11.7 Å². The lowest BCUT2D eigenvalue weighted by molar-refractivity contribution is 0.123. The van der Waals surface area contributed by atoms with Gasteiger partial charge in [-0.05, 0) is 25.1 Å². The number of benzene rings is 1. The van der Waals surface area contributed by atoms with Gasteiger partial charge in [0.2, 0.25) is 0 Å². The molecule has 3 unspecified atom stereocenters. The molecule has 2 aliphatic rings. The van der Waals surface area contributed by atoms with Gasteiger partial charge >= 0.3 is 6.03 Å². The van der Waals surface area contributed by atoms with E-state index in [9.17, 15) is 9.18 Å². The molecule has 1 aliphatic carbocycles. The van der Waals surface area contributed by atoms with Gasteiger partial charge in [-0.25, -0.2) is 9.18 Å². The third-order valence-electron chi connectivity index (χ3n) is 5.36. The van der Waals surface area contributed by atoms with Crippen LogP contribution in [-0.2, 0) is 4.74 Å². The fourth-order valence-corrected chi connectivity index (χ4v) is 4.28. The fourth-order valence-electron chi connectivity index (χ4n) is 3.60. The number of epoxide rings is 1. The molecule has 1 saturated heterocycles. The molecule has 3 atom stereocenters. The molecule has 1 aromatic heterocycles. The first-order chi connectivity index (χ1) is 13.3. The number of nitrogens with zero attached hydrogens (tertiary/aromatic N) is 1. The maximum Gasteiger partial charge on any atom is 0.319 e. The number of rotatable bonds is 6. The van der Waals surface area contributed by atoms with Crippen molar-refractivity contribution in [3.63, 3.8) is 0 Å². The van der Waals surface area contributed by atoms with Gasteiger partial charge in [-0.3, -0.25) is 4.98 Å². The molecule has 1 saturated carbocycles. The first-order valence-corrected chi connectivity index (χ1v) is 9.63. The van der Waals surface area contributed by atoms with Crippen molar-refractivity contribution < 1.29 is 13.9 Å². The molecular weight excluding hydrogens is 430 g/mol. The van der Waals surface area contributed by atoms with Crippen LogP contribution in [0.5, 0.6) is 0 Å². The third-order valence-corrected chi connectivity index (χ3v) is 6.23. The summed E-state index contributed by atoms with van der Waals surface area (Å²) >= 11 is 17.9. The summed E-state index contributed by atoms with van der Waals surface area (Å²) in [5.74, 6) is -0.394. The molecule has 28 heavy (non-hydrogen) atoms. The fraction of sp³-hybridized carbons (Fsp3) is 0.333. The number of pyridine rings is 1. The van der Waals surface area contributed by atoms with E-state index in [1.165, 1.54) is 30.6 Å². The second-order valence-corrected chi connectivity index (χ2v) is 8.17. The van der Waals surface area contributed by atoms with Gasteiger partial charge in [-0.15, -0.1) is 0 Å². The van der Waals surface area contributed by atoms with Gasteiger partial charge in [0.15, 0.2) is 0 Å². The predicted octanol–water partition coefficient (Wildman–Crippen LogP) is 4.57. The van der Waals surface area contributed by atoms with Gasteiger partial charge in [-0.1, -0.05) is 34.8 Å². The minimum absolute atomic E-state index is 0.0550. The Bertz CT molecular complexity index is 942. The van der Waals surface area contributed by atoms with Crippen LogP contribution in [-0.4, -0.2) is 35.3 Å². The number of aromatic nitrogens is 1. The Balaban J connectivity index is 1.29. The monoisotopic (exact) mass is 444 g/mol. The number of hydrogen-bond acceptors (Lipinski definition) is 4. The zero-order valence-electron chi connectivity index (χ0n) is 14.7.